The van der Waals surface area contributed by atoms with Crippen LogP contribution in [0.3, 0.4) is 0 Å². The number of hydrogen-bond donors (Lipinski definition) is 1. The first kappa shape index (κ1) is 44.6. The Bertz CT molecular complexity index is 2540. The number of hydrogen-bond acceptors (Lipinski definition) is 14. The number of amides is 4. The zero-order valence-electron chi connectivity index (χ0n) is 37.2. The number of likely N-dealkylation sites (N-methyl/N-ethyl adjacent to an activating group) is 1. The van der Waals surface area contributed by atoms with Crippen LogP contribution in [0.5, 0.6) is 11.8 Å². The number of benzene rings is 3. The molecular weight excluding hydrogens is 843 g/mol. The maximum atomic E-state index is 13.0. The quantitative estimate of drug-likeness (QED) is 0.0978. The fraction of sp³-hybridized carbons (Fsp3) is 0.449. The maximum absolute atomic E-state index is 13.0. The van der Waals surface area contributed by atoms with Crippen molar-refractivity contribution in [2.75, 3.05) is 82.6 Å². The standard InChI is InChI=1S/C49H55N9O8/c1-3-45(60)57-20-19-56(28-34(57)15-17-50)46-40-16-18-55(42-10-6-8-32-7-4-5-9-38(32)42)30-41(40)51-49(53-46)66-31-35-26-37(29-54(35)2)65-24-22-63-21-23-64-36-11-12-39-33(25-36)27-58(48(39)62)43-13-14-44(59)52-47(43)61/h3-12,25,34-35,37,43H,1,13-16,18-24,26-31H2,2H3,(H,52,59,61)/t34-,35-,37+,43?/m0/s1. The van der Waals surface area contributed by atoms with Gasteiger partial charge < -0.3 is 38.5 Å². The molecule has 66 heavy (non-hydrogen) atoms. The number of ether oxygens (including phenoxy) is 4. The van der Waals surface area contributed by atoms with Crippen molar-refractivity contribution in [3.63, 3.8) is 0 Å². The molecule has 3 saturated heterocycles. The maximum Gasteiger partial charge on any atom is 0.318 e. The minimum absolute atomic E-state index is 0.00165. The van der Waals surface area contributed by atoms with Gasteiger partial charge in [-0.1, -0.05) is 43.0 Å². The molecule has 3 aromatic carbocycles. The van der Waals surface area contributed by atoms with Crippen molar-refractivity contribution in [2.45, 2.75) is 69.4 Å². The summed E-state index contributed by atoms with van der Waals surface area (Å²) in [6.07, 6.45) is 3.54. The number of piperazine rings is 1. The first-order valence-electron chi connectivity index (χ1n) is 22.8. The van der Waals surface area contributed by atoms with Crippen LogP contribution in [0.1, 0.15) is 52.9 Å². The number of carbonyl (C=O) groups is 4. The Morgan fingerprint density at radius 3 is 2.62 bits per heavy atom. The number of piperidine rings is 1. The van der Waals surface area contributed by atoms with Crippen LogP contribution in [0.25, 0.3) is 10.8 Å². The molecule has 0 spiro atoms. The van der Waals surface area contributed by atoms with Crippen molar-refractivity contribution in [3.05, 3.63) is 95.7 Å². The van der Waals surface area contributed by atoms with E-state index < -0.39 is 11.9 Å². The van der Waals surface area contributed by atoms with Gasteiger partial charge in [-0.15, -0.1) is 0 Å². The summed E-state index contributed by atoms with van der Waals surface area (Å²) in [4.78, 5) is 69.8. The number of carbonyl (C=O) groups excluding carboxylic acids is 4. The zero-order valence-corrected chi connectivity index (χ0v) is 37.2. The van der Waals surface area contributed by atoms with E-state index in [1.807, 2.05) is 6.07 Å². The van der Waals surface area contributed by atoms with Crippen molar-refractivity contribution in [3.8, 4) is 17.8 Å². The molecule has 17 nitrogen and oxygen atoms in total. The number of likely N-dealkylation sites (tertiary alicyclic amines) is 1. The number of aromatic nitrogens is 2. The third-order valence-electron chi connectivity index (χ3n) is 13.3. The van der Waals surface area contributed by atoms with E-state index in [0.717, 1.165) is 54.3 Å². The summed E-state index contributed by atoms with van der Waals surface area (Å²) in [5.74, 6) is 0.266. The van der Waals surface area contributed by atoms with Crippen LogP contribution in [-0.4, -0.2) is 145 Å². The van der Waals surface area contributed by atoms with Crippen LogP contribution < -0.4 is 24.6 Å². The highest BCUT2D eigenvalue weighted by atomic mass is 16.5. The number of nitrogens with zero attached hydrogens (tertiary/aromatic N) is 8. The molecule has 1 unspecified atom stereocenters. The highest BCUT2D eigenvalue weighted by molar-refractivity contribution is 6.05. The lowest BCUT2D eigenvalue weighted by Gasteiger charge is -2.42. The smallest absolute Gasteiger partial charge is 0.318 e. The van der Waals surface area contributed by atoms with E-state index in [4.69, 9.17) is 28.9 Å². The van der Waals surface area contributed by atoms with E-state index in [0.29, 0.717) is 83.0 Å². The molecule has 1 N–H and O–H groups in total. The average Bonchev–Trinajstić information content (AvgIpc) is 3.86. The van der Waals surface area contributed by atoms with E-state index in [1.54, 1.807) is 17.0 Å². The van der Waals surface area contributed by atoms with Gasteiger partial charge in [0.1, 0.15) is 30.8 Å². The molecule has 1 aromatic heterocycles. The minimum Gasteiger partial charge on any atom is -0.491 e. The van der Waals surface area contributed by atoms with E-state index in [-0.39, 0.29) is 55.3 Å². The fourth-order valence-corrected chi connectivity index (χ4v) is 9.89. The lowest BCUT2D eigenvalue weighted by molar-refractivity contribution is -0.137. The van der Waals surface area contributed by atoms with Crippen LogP contribution in [0.15, 0.2) is 73.3 Å². The molecule has 4 aromatic rings. The average molecular weight is 898 g/mol. The van der Waals surface area contributed by atoms with Crippen LogP contribution in [0.2, 0.25) is 0 Å². The third-order valence-corrected chi connectivity index (χ3v) is 13.3. The highest BCUT2D eigenvalue weighted by Gasteiger charge is 2.40. The van der Waals surface area contributed by atoms with E-state index in [1.165, 1.54) is 21.7 Å². The van der Waals surface area contributed by atoms with Gasteiger partial charge >= 0.3 is 6.01 Å². The Morgan fingerprint density at radius 2 is 1.77 bits per heavy atom. The van der Waals surface area contributed by atoms with Crippen molar-refractivity contribution in [1.29, 1.82) is 5.26 Å². The number of anilines is 2. The van der Waals surface area contributed by atoms with E-state index >= 15 is 0 Å². The van der Waals surface area contributed by atoms with Gasteiger partial charge in [-0.2, -0.15) is 15.2 Å². The van der Waals surface area contributed by atoms with Gasteiger partial charge in [0, 0.05) is 73.9 Å². The molecule has 4 atom stereocenters. The van der Waals surface area contributed by atoms with Gasteiger partial charge in [-0.3, -0.25) is 29.4 Å². The molecule has 4 amide bonds. The van der Waals surface area contributed by atoms with Crippen LogP contribution in [-0.2, 0) is 43.4 Å². The Kier molecular flexibility index (Phi) is 13.4. The Morgan fingerprint density at radius 1 is 0.924 bits per heavy atom. The fourth-order valence-electron chi connectivity index (χ4n) is 9.89. The molecule has 9 rings (SSSR count). The van der Waals surface area contributed by atoms with Crippen molar-refractivity contribution in [2.24, 2.45) is 0 Å². The van der Waals surface area contributed by atoms with E-state index in [2.05, 4.69) is 82.2 Å². The molecule has 344 valence electrons. The monoisotopic (exact) mass is 897 g/mol. The lowest BCUT2D eigenvalue weighted by Crippen LogP contribution is -2.55. The Labute approximate surface area is 383 Å². The SMILES string of the molecule is C=CC(=O)N1CCN(c2nc(OC[C@@H]3C[C@@H](OCCOCCOc4ccc5c(c4)CN(C4CCC(=O)NC4=O)C5=O)CN3C)nc3c2CCN(c2cccc4ccccc24)C3)C[C@@H]1CC#N. The molecule has 0 bridgehead atoms. The van der Waals surface area contributed by atoms with Gasteiger partial charge in [0.15, 0.2) is 0 Å². The zero-order chi connectivity index (χ0) is 45.7. The largest absolute Gasteiger partial charge is 0.491 e. The summed E-state index contributed by atoms with van der Waals surface area (Å²) in [7, 11) is 2.06. The third kappa shape index (κ3) is 9.53. The molecule has 0 saturated carbocycles. The lowest BCUT2D eigenvalue weighted by atomic mass is 10.0. The number of fused-ring (bicyclic) bond motifs is 3. The topological polar surface area (TPSA) is 183 Å². The molecule has 5 aliphatic rings. The van der Waals surface area contributed by atoms with Crippen LogP contribution in [0, 0.1) is 11.3 Å². The van der Waals surface area contributed by atoms with Gasteiger partial charge in [0.25, 0.3) is 5.91 Å². The first-order chi connectivity index (χ1) is 32.2. The normalized spacial score (nSPS) is 22.0. The van der Waals surface area contributed by atoms with Gasteiger partial charge in [0.05, 0.1) is 56.7 Å². The van der Waals surface area contributed by atoms with Crippen molar-refractivity contribution >= 4 is 45.9 Å². The van der Waals surface area contributed by atoms with Crippen LogP contribution >= 0.6 is 0 Å². The molecule has 5 aliphatic heterocycles. The van der Waals surface area contributed by atoms with Gasteiger partial charge in [-0.05, 0) is 67.6 Å². The molecule has 0 radical (unpaired) electrons. The summed E-state index contributed by atoms with van der Waals surface area (Å²) in [6, 6.07) is 21.8. The van der Waals surface area contributed by atoms with Crippen molar-refractivity contribution < 1.29 is 38.1 Å². The highest BCUT2D eigenvalue weighted by Crippen LogP contribution is 2.36. The second-order valence-corrected chi connectivity index (χ2v) is 17.4. The minimum atomic E-state index is -0.661. The predicted molar refractivity (Wildman–Crippen MR) is 244 cm³/mol. The number of nitriles is 1. The summed E-state index contributed by atoms with van der Waals surface area (Å²) >= 11 is 0. The summed E-state index contributed by atoms with van der Waals surface area (Å²) in [6.45, 7) is 9.43. The molecule has 6 heterocycles. The van der Waals surface area contributed by atoms with Gasteiger partial charge in [-0.25, -0.2) is 0 Å². The molecule has 0 aliphatic carbocycles. The Balaban J connectivity index is 0.775. The summed E-state index contributed by atoms with van der Waals surface area (Å²) in [5.41, 5.74) is 4.45. The van der Waals surface area contributed by atoms with Crippen molar-refractivity contribution in [1.82, 2.24) is 30.0 Å². The summed E-state index contributed by atoms with van der Waals surface area (Å²) in [5, 5.41) is 14.4. The summed E-state index contributed by atoms with van der Waals surface area (Å²) < 4.78 is 24.4. The van der Waals surface area contributed by atoms with Crippen LogP contribution in [0.4, 0.5) is 11.5 Å². The number of nitrogens with one attached hydrogen (secondary N) is 1. The molecular formula is C49H55N9O8. The van der Waals surface area contributed by atoms with E-state index in [9.17, 15) is 24.4 Å². The van der Waals surface area contributed by atoms with Gasteiger partial charge in [0.2, 0.25) is 17.7 Å². The number of imide groups is 1. The second kappa shape index (κ2) is 19.9. The number of rotatable bonds is 16. The molecule has 17 heteroatoms. The molecule has 3 fully saturated rings. The predicted octanol–water partition coefficient (Wildman–Crippen LogP) is 3.63. The second-order valence-electron chi connectivity index (χ2n) is 17.4. The first-order valence-corrected chi connectivity index (χ1v) is 22.8. The Hall–Kier alpha value is -6.61.